The fourth-order valence-corrected chi connectivity index (χ4v) is 3.32. The Hall–Kier alpha value is -2.60. The van der Waals surface area contributed by atoms with Crippen molar-refractivity contribution in [2.45, 2.75) is 19.5 Å². The average molecular weight is 341 g/mol. The molecule has 5 nitrogen and oxygen atoms in total. The molecule has 0 saturated carbocycles. The standard InChI is InChI=1S/C18H19N3O2S/c1-12(20-18-21-14-8-4-6-10-16(14)24-18)17(22)19-11-13-7-3-5-9-15(13)23-2/h3-10,12H,11H2,1-2H3,(H,19,22)(H,20,21). The topological polar surface area (TPSA) is 63.2 Å². The molecule has 6 heteroatoms. The Balaban J connectivity index is 1.60. The molecule has 1 aromatic heterocycles. The first kappa shape index (κ1) is 16.3. The number of fused-ring (bicyclic) bond motifs is 1. The van der Waals surface area contributed by atoms with Crippen molar-refractivity contribution in [3.8, 4) is 5.75 Å². The van der Waals surface area contributed by atoms with Crippen LogP contribution < -0.4 is 15.4 Å². The number of carbonyl (C=O) groups is 1. The van der Waals surface area contributed by atoms with E-state index in [4.69, 9.17) is 4.74 Å². The van der Waals surface area contributed by atoms with Crippen molar-refractivity contribution < 1.29 is 9.53 Å². The van der Waals surface area contributed by atoms with Crippen LogP contribution in [0, 0.1) is 0 Å². The number of nitrogens with one attached hydrogen (secondary N) is 2. The molecule has 24 heavy (non-hydrogen) atoms. The first-order chi connectivity index (χ1) is 11.7. The third-order valence-corrected chi connectivity index (χ3v) is 4.64. The minimum Gasteiger partial charge on any atom is -0.496 e. The van der Waals surface area contributed by atoms with Crippen LogP contribution in [0.2, 0.25) is 0 Å². The predicted molar refractivity (Wildman–Crippen MR) is 97.5 cm³/mol. The van der Waals surface area contributed by atoms with E-state index in [0.717, 1.165) is 26.7 Å². The molecular formula is C18H19N3O2S. The monoisotopic (exact) mass is 341 g/mol. The number of hydrogen-bond acceptors (Lipinski definition) is 5. The van der Waals surface area contributed by atoms with Gasteiger partial charge in [0, 0.05) is 12.1 Å². The van der Waals surface area contributed by atoms with Crippen molar-refractivity contribution in [2.75, 3.05) is 12.4 Å². The first-order valence-electron chi connectivity index (χ1n) is 7.69. The van der Waals surface area contributed by atoms with E-state index in [1.165, 1.54) is 0 Å². The average Bonchev–Trinajstić information content (AvgIpc) is 3.02. The summed E-state index contributed by atoms with van der Waals surface area (Å²) in [5, 5.41) is 6.83. The van der Waals surface area contributed by atoms with Crippen LogP contribution in [0.15, 0.2) is 48.5 Å². The molecule has 124 valence electrons. The summed E-state index contributed by atoms with van der Waals surface area (Å²) >= 11 is 1.54. The highest BCUT2D eigenvalue weighted by Gasteiger charge is 2.15. The summed E-state index contributed by atoms with van der Waals surface area (Å²) in [6.45, 7) is 2.25. The largest absolute Gasteiger partial charge is 0.496 e. The molecule has 0 spiro atoms. The molecule has 0 bridgehead atoms. The summed E-state index contributed by atoms with van der Waals surface area (Å²) in [4.78, 5) is 16.8. The maximum absolute atomic E-state index is 12.3. The molecule has 0 fully saturated rings. The molecule has 1 amide bonds. The van der Waals surface area contributed by atoms with Crippen LogP contribution >= 0.6 is 11.3 Å². The van der Waals surface area contributed by atoms with Crippen molar-refractivity contribution >= 4 is 32.6 Å². The summed E-state index contributed by atoms with van der Waals surface area (Å²) in [7, 11) is 1.62. The Morgan fingerprint density at radius 1 is 1.21 bits per heavy atom. The van der Waals surface area contributed by atoms with E-state index in [1.807, 2.05) is 55.5 Å². The van der Waals surface area contributed by atoms with Gasteiger partial charge in [-0.2, -0.15) is 0 Å². The van der Waals surface area contributed by atoms with Gasteiger partial charge in [0.15, 0.2) is 5.13 Å². The number of rotatable bonds is 6. The van der Waals surface area contributed by atoms with Gasteiger partial charge in [0.05, 0.1) is 17.3 Å². The van der Waals surface area contributed by atoms with Gasteiger partial charge in [-0.05, 0) is 25.1 Å². The summed E-state index contributed by atoms with van der Waals surface area (Å²) in [5.41, 5.74) is 1.88. The lowest BCUT2D eigenvalue weighted by Gasteiger charge is -2.14. The fourth-order valence-electron chi connectivity index (χ4n) is 2.37. The van der Waals surface area contributed by atoms with Crippen molar-refractivity contribution in [1.82, 2.24) is 10.3 Å². The summed E-state index contributed by atoms with van der Waals surface area (Å²) in [5.74, 6) is 0.685. The number of benzene rings is 2. The van der Waals surface area contributed by atoms with E-state index in [-0.39, 0.29) is 11.9 Å². The second-order valence-corrected chi connectivity index (χ2v) is 6.41. The van der Waals surface area contributed by atoms with Crippen LogP contribution in [0.1, 0.15) is 12.5 Å². The van der Waals surface area contributed by atoms with Gasteiger partial charge in [0.1, 0.15) is 11.8 Å². The number of amides is 1. The van der Waals surface area contributed by atoms with Gasteiger partial charge in [-0.15, -0.1) is 0 Å². The highest BCUT2D eigenvalue weighted by atomic mass is 32.1. The van der Waals surface area contributed by atoms with Crippen LogP contribution in [0.4, 0.5) is 5.13 Å². The van der Waals surface area contributed by atoms with E-state index in [1.54, 1.807) is 18.4 Å². The quantitative estimate of drug-likeness (QED) is 0.721. The minimum atomic E-state index is -0.375. The Labute approximate surface area is 144 Å². The SMILES string of the molecule is COc1ccccc1CNC(=O)C(C)Nc1nc2ccccc2s1. The summed E-state index contributed by atoms with van der Waals surface area (Å²) < 4.78 is 6.39. The lowest BCUT2D eigenvalue weighted by Crippen LogP contribution is -2.37. The molecule has 0 radical (unpaired) electrons. The number of hydrogen-bond donors (Lipinski definition) is 2. The number of aromatic nitrogens is 1. The van der Waals surface area contributed by atoms with Crippen molar-refractivity contribution in [2.24, 2.45) is 0 Å². The number of thiazole rings is 1. The number of anilines is 1. The van der Waals surface area contributed by atoms with Crippen molar-refractivity contribution in [3.05, 3.63) is 54.1 Å². The Morgan fingerprint density at radius 3 is 2.75 bits per heavy atom. The Morgan fingerprint density at radius 2 is 1.96 bits per heavy atom. The van der Waals surface area contributed by atoms with Crippen LogP contribution in [0.5, 0.6) is 5.75 Å². The Kier molecular flexibility index (Phi) is 4.96. The zero-order valence-corrected chi connectivity index (χ0v) is 14.4. The second-order valence-electron chi connectivity index (χ2n) is 5.38. The van der Waals surface area contributed by atoms with Crippen LogP contribution in [0.25, 0.3) is 10.2 Å². The zero-order valence-electron chi connectivity index (χ0n) is 13.6. The normalized spacial score (nSPS) is 11.9. The zero-order chi connectivity index (χ0) is 16.9. The second kappa shape index (κ2) is 7.31. The van der Waals surface area contributed by atoms with Crippen LogP contribution in [-0.4, -0.2) is 24.0 Å². The molecule has 1 heterocycles. The van der Waals surface area contributed by atoms with Crippen molar-refractivity contribution in [1.29, 1.82) is 0 Å². The number of para-hydroxylation sites is 2. The minimum absolute atomic E-state index is 0.0832. The van der Waals surface area contributed by atoms with Gasteiger partial charge in [-0.1, -0.05) is 41.7 Å². The molecule has 3 aromatic rings. The number of ether oxygens (including phenoxy) is 1. The third kappa shape index (κ3) is 3.65. The highest BCUT2D eigenvalue weighted by molar-refractivity contribution is 7.22. The van der Waals surface area contributed by atoms with Gasteiger partial charge in [0.2, 0.25) is 5.91 Å². The molecule has 1 atom stereocenters. The van der Waals surface area contributed by atoms with E-state index in [9.17, 15) is 4.79 Å². The molecule has 2 aromatic carbocycles. The third-order valence-electron chi connectivity index (χ3n) is 3.67. The van der Waals surface area contributed by atoms with Crippen molar-refractivity contribution in [3.63, 3.8) is 0 Å². The molecule has 0 aliphatic heterocycles. The number of nitrogens with zero attached hydrogens (tertiary/aromatic N) is 1. The van der Waals surface area contributed by atoms with E-state index < -0.39 is 0 Å². The van der Waals surface area contributed by atoms with E-state index >= 15 is 0 Å². The molecule has 3 rings (SSSR count). The molecule has 1 unspecified atom stereocenters. The fraction of sp³-hybridized carbons (Fsp3) is 0.222. The predicted octanol–water partition coefficient (Wildman–Crippen LogP) is 3.42. The summed E-state index contributed by atoms with van der Waals surface area (Å²) in [6.07, 6.45) is 0. The molecule has 0 aliphatic rings. The summed E-state index contributed by atoms with van der Waals surface area (Å²) in [6, 6.07) is 15.2. The lowest BCUT2D eigenvalue weighted by atomic mass is 10.2. The van der Waals surface area contributed by atoms with Gasteiger partial charge in [-0.3, -0.25) is 4.79 Å². The van der Waals surface area contributed by atoms with Gasteiger partial charge >= 0.3 is 0 Å². The van der Waals surface area contributed by atoms with Crippen LogP contribution in [-0.2, 0) is 11.3 Å². The maximum atomic E-state index is 12.3. The molecule has 2 N–H and O–H groups in total. The smallest absolute Gasteiger partial charge is 0.242 e. The number of carbonyl (C=O) groups excluding carboxylic acids is 1. The van der Waals surface area contributed by atoms with Gasteiger partial charge in [0.25, 0.3) is 0 Å². The molecule has 0 aliphatic carbocycles. The van der Waals surface area contributed by atoms with Gasteiger partial charge < -0.3 is 15.4 Å². The van der Waals surface area contributed by atoms with Gasteiger partial charge in [-0.25, -0.2) is 4.98 Å². The number of methoxy groups -OCH3 is 1. The maximum Gasteiger partial charge on any atom is 0.242 e. The molecular weight excluding hydrogens is 322 g/mol. The van der Waals surface area contributed by atoms with Crippen LogP contribution in [0.3, 0.4) is 0 Å². The molecule has 0 saturated heterocycles. The Bertz CT molecular complexity index is 814. The first-order valence-corrected chi connectivity index (χ1v) is 8.50. The van der Waals surface area contributed by atoms with E-state index in [2.05, 4.69) is 15.6 Å². The van der Waals surface area contributed by atoms with E-state index in [0.29, 0.717) is 6.54 Å². The highest BCUT2D eigenvalue weighted by Crippen LogP contribution is 2.25. The lowest BCUT2D eigenvalue weighted by molar-refractivity contribution is -0.121.